The van der Waals surface area contributed by atoms with E-state index in [2.05, 4.69) is 0 Å². The summed E-state index contributed by atoms with van der Waals surface area (Å²) in [4.78, 5) is 54.3. The molecule has 0 aliphatic carbocycles. The highest BCUT2D eigenvalue weighted by Crippen LogP contribution is 2.33. The molecule has 1 atom stereocenters. The minimum atomic E-state index is -4.29. The Morgan fingerprint density at radius 2 is 1.61 bits per heavy atom. The van der Waals surface area contributed by atoms with Gasteiger partial charge in [0.1, 0.15) is 5.75 Å². The van der Waals surface area contributed by atoms with Crippen molar-refractivity contribution in [2.45, 2.75) is 17.7 Å². The lowest BCUT2D eigenvalue weighted by atomic mass is 9.94. The van der Waals surface area contributed by atoms with E-state index in [1.165, 1.54) is 30.2 Å². The number of nitro groups is 1. The van der Waals surface area contributed by atoms with E-state index in [4.69, 9.17) is 4.74 Å². The molecule has 2 aliphatic heterocycles. The average molecular weight is 643 g/mol. The Bertz CT molecular complexity index is 1930. The van der Waals surface area contributed by atoms with Crippen molar-refractivity contribution in [1.82, 2.24) is 9.21 Å². The molecular formula is C33H30N4O8S. The lowest BCUT2D eigenvalue weighted by Crippen LogP contribution is -2.50. The molecule has 1 saturated heterocycles. The second kappa shape index (κ2) is 12.3. The highest BCUT2D eigenvalue weighted by atomic mass is 32.2. The number of anilines is 1. The Balaban J connectivity index is 1.28. The molecule has 236 valence electrons. The molecule has 3 amide bonds. The Morgan fingerprint density at radius 3 is 2.24 bits per heavy atom. The van der Waals surface area contributed by atoms with Gasteiger partial charge in [-0.05, 0) is 60.7 Å². The SMILES string of the molecule is COc1ccc(N(CCN2C(=O)c3cccc4cccc(c34)C2=O)C(=O)C2CCCN(S(=O)(=O)c3ccccc3[N+](=O)[O-])C2)cc1. The molecule has 46 heavy (non-hydrogen) atoms. The van der Waals surface area contributed by atoms with Crippen molar-refractivity contribution in [1.29, 1.82) is 0 Å². The molecule has 0 saturated carbocycles. The van der Waals surface area contributed by atoms with Crippen molar-refractivity contribution >= 4 is 49.9 Å². The second-order valence-electron chi connectivity index (χ2n) is 11.1. The largest absolute Gasteiger partial charge is 0.497 e. The zero-order valence-electron chi connectivity index (χ0n) is 24.9. The first-order chi connectivity index (χ1) is 22.1. The van der Waals surface area contributed by atoms with Gasteiger partial charge in [0, 0.05) is 54.4 Å². The van der Waals surface area contributed by atoms with E-state index in [9.17, 15) is 32.9 Å². The minimum Gasteiger partial charge on any atom is -0.497 e. The number of amides is 3. The number of carbonyl (C=O) groups is 3. The summed E-state index contributed by atoms with van der Waals surface area (Å²) in [6, 6.07) is 22.4. The lowest BCUT2D eigenvalue weighted by molar-refractivity contribution is -0.387. The maximum absolute atomic E-state index is 14.2. The molecular weight excluding hydrogens is 612 g/mol. The van der Waals surface area contributed by atoms with Crippen LogP contribution in [0.5, 0.6) is 5.75 Å². The maximum atomic E-state index is 14.2. The third kappa shape index (κ3) is 5.48. The standard InChI is InChI=1S/C33H30N4O8S/c1-45-25-16-14-24(15-17-25)35(19-20-36-32(39)26-10-4-7-22-8-5-11-27(30(22)26)33(36)40)31(38)23-9-6-18-34(21-23)46(43,44)29-13-3-2-12-28(29)37(41)42/h2-5,7-8,10-17,23H,6,9,18-21H2,1H3. The topological polar surface area (TPSA) is 147 Å². The number of methoxy groups -OCH3 is 1. The fraction of sp³-hybridized carbons (Fsp3) is 0.242. The van der Waals surface area contributed by atoms with E-state index >= 15 is 0 Å². The Hall–Kier alpha value is -5.14. The van der Waals surface area contributed by atoms with Crippen molar-refractivity contribution in [3.63, 3.8) is 0 Å². The second-order valence-corrected chi connectivity index (χ2v) is 13.0. The number of benzene rings is 4. The summed E-state index contributed by atoms with van der Waals surface area (Å²) in [5.74, 6) is -1.55. The molecule has 0 aromatic heterocycles. The fourth-order valence-electron chi connectivity index (χ4n) is 6.16. The van der Waals surface area contributed by atoms with E-state index in [-0.39, 0.29) is 26.2 Å². The summed E-state index contributed by atoms with van der Waals surface area (Å²) in [7, 11) is -2.78. The summed E-state index contributed by atoms with van der Waals surface area (Å²) in [6.45, 7) is -0.238. The predicted molar refractivity (Wildman–Crippen MR) is 169 cm³/mol. The number of carbonyl (C=O) groups excluding carboxylic acids is 3. The van der Waals surface area contributed by atoms with Crippen molar-refractivity contribution in [2.24, 2.45) is 5.92 Å². The van der Waals surface area contributed by atoms with Crippen molar-refractivity contribution in [3.8, 4) is 5.75 Å². The highest BCUT2D eigenvalue weighted by molar-refractivity contribution is 7.89. The molecule has 0 spiro atoms. The van der Waals surface area contributed by atoms with Crippen LogP contribution in [-0.2, 0) is 14.8 Å². The third-order valence-corrected chi connectivity index (χ3v) is 10.4. The van der Waals surface area contributed by atoms with Crippen LogP contribution in [0.25, 0.3) is 10.8 Å². The number of sulfonamides is 1. The maximum Gasteiger partial charge on any atom is 0.289 e. The molecule has 4 aromatic carbocycles. The molecule has 0 bridgehead atoms. The Labute approximate surface area is 265 Å². The monoisotopic (exact) mass is 642 g/mol. The molecule has 13 heteroatoms. The van der Waals surface area contributed by atoms with Crippen LogP contribution in [0.15, 0.2) is 89.8 Å². The van der Waals surface area contributed by atoms with E-state index < -0.39 is 49.2 Å². The summed E-state index contributed by atoms with van der Waals surface area (Å²) in [5, 5.41) is 13.0. The van der Waals surface area contributed by atoms with Crippen molar-refractivity contribution in [3.05, 3.63) is 106 Å². The summed E-state index contributed by atoms with van der Waals surface area (Å²) in [6.07, 6.45) is 0.738. The Morgan fingerprint density at radius 1 is 0.957 bits per heavy atom. The van der Waals surface area contributed by atoms with Gasteiger partial charge in [-0.25, -0.2) is 8.42 Å². The number of rotatable bonds is 9. The number of hydrogen-bond acceptors (Lipinski definition) is 8. The summed E-state index contributed by atoms with van der Waals surface area (Å²) < 4.78 is 33.5. The van der Waals surface area contributed by atoms with Crippen LogP contribution < -0.4 is 9.64 Å². The van der Waals surface area contributed by atoms with Gasteiger partial charge in [-0.15, -0.1) is 0 Å². The van der Waals surface area contributed by atoms with Gasteiger partial charge in [0.15, 0.2) is 4.90 Å². The molecule has 4 aromatic rings. The normalized spacial score (nSPS) is 16.8. The number of imide groups is 1. The van der Waals surface area contributed by atoms with Crippen LogP contribution in [0.3, 0.4) is 0 Å². The van der Waals surface area contributed by atoms with E-state index in [0.29, 0.717) is 40.8 Å². The molecule has 0 N–H and O–H groups in total. The molecule has 6 rings (SSSR count). The van der Waals surface area contributed by atoms with Gasteiger partial charge in [0.2, 0.25) is 15.9 Å². The van der Waals surface area contributed by atoms with Crippen LogP contribution in [-0.4, -0.2) is 73.6 Å². The van der Waals surface area contributed by atoms with Crippen LogP contribution in [0.4, 0.5) is 11.4 Å². The van der Waals surface area contributed by atoms with E-state index in [1.807, 2.05) is 12.1 Å². The molecule has 1 fully saturated rings. The van der Waals surface area contributed by atoms with E-state index in [0.717, 1.165) is 20.7 Å². The van der Waals surface area contributed by atoms with Gasteiger partial charge in [-0.3, -0.25) is 29.4 Å². The number of hydrogen-bond donors (Lipinski definition) is 0. The van der Waals surface area contributed by atoms with E-state index in [1.54, 1.807) is 48.5 Å². The molecule has 0 radical (unpaired) electrons. The van der Waals surface area contributed by atoms with Crippen LogP contribution >= 0.6 is 0 Å². The quantitative estimate of drug-likeness (QED) is 0.147. The van der Waals surface area contributed by atoms with Crippen molar-refractivity contribution in [2.75, 3.05) is 38.2 Å². The van der Waals surface area contributed by atoms with Crippen LogP contribution in [0.2, 0.25) is 0 Å². The lowest BCUT2D eigenvalue weighted by Gasteiger charge is -2.35. The first kappa shape index (κ1) is 30.9. The van der Waals surface area contributed by atoms with Gasteiger partial charge in [-0.2, -0.15) is 4.31 Å². The molecule has 2 aliphatic rings. The third-order valence-electron chi connectivity index (χ3n) is 8.47. The fourth-order valence-corrected chi connectivity index (χ4v) is 7.84. The van der Waals surface area contributed by atoms with Gasteiger partial charge >= 0.3 is 0 Å². The van der Waals surface area contributed by atoms with Crippen LogP contribution in [0.1, 0.15) is 33.6 Å². The van der Waals surface area contributed by atoms with Gasteiger partial charge in [0.05, 0.1) is 18.0 Å². The number of ether oxygens (including phenoxy) is 1. The number of nitro benzene ring substituents is 1. The zero-order chi connectivity index (χ0) is 32.6. The molecule has 12 nitrogen and oxygen atoms in total. The van der Waals surface area contributed by atoms with Crippen LogP contribution in [0, 0.1) is 16.0 Å². The first-order valence-corrected chi connectivity index (χ1v) is 16.1. The predicted octanol–water partition coefficient (Wildman–Crippen LogP) is 4.49. The molecule has 1 unspecified atom stereocenters. The van der Waals surface area contributed by atoms with Gasteiger partial charge in [0.25, 0.3) is 17.5 Å². The van der Waals surface area contributed by atoms with Gasteiger partial charge in [-0.1, -0.05) is 36.4 Å². The first-order valence-electron chi connectivity index (χ1n) is 14.7. The number of nitrogens with zero attached hydrogens (tertiary/aromatic N) is 4. The average Bonchev–Trinajstić information content (AvgIpc) is 3.08. The van der Waals surface area contributed by atoms with Gasteiger partial charge < -0.3 is 9.64 Å². The minimum absolute atomic E-state index is 0.0474. The smallest absolute Gasteiger partial charge is 0.289 e. The number of para-hydroxylation sites is 1. The number of piperidine rings is 1. The molecule has 2 heterocycles. The summed E-state index contributed by atoms with van der Waals surface area (Å²) >= 11 is 0. The highest BCUT2D eigenvalue weighted by Gasteiger charge is 2.39. The summed E-state index contributed by atoms with van der Waals surface area (Å²) in [5.41, 5.74) is 0.740. The van der Waals surface area contributed by atoms with Crippen molar-refractivity contribution < 1.29 is 32.5 Å². The zero-order valence-corrected chi connectivity index (χ0v) is 25.7. The Kier molecular flexibility index (Phi) is 8.28.